The first-order valence-corrected chi connectivity index (χ1v) is 13.7. The van der Waals surface area contributed by atoms with Gasteiger partial charge >= 0.3 is 0 Å². The van der Waals surface area contributed by atoms with Gasteiger partial charge in [0.1, 0.15) is 22.8 Å². The second-order valence-corrected chi connectivity index (χ2v) is 11.4. The molecule has 0 spiro atoms. The molecule has 0 radical (unpaired) electrons. The third-order valence-corrected chi connectivity index (χ3v) is 7.80. The van der Waals surface area contributed by atoms with Gasteiger partial charge in [0.15, 0.2) is 5.82 Å². The van der Waals surface area contributed by atoms with Gasteiger partial charge in [0, 0.05) is 46.4 Å². The number of nitrogens with one attached hydrogen (secondary N) is 1. The van der Waals surface area contributed by atoms with Crippen molar-refractivity contribution in [3.63, 3.8) is 0 Å². The molecule has 4 aromatic rings. The van der Waals surface area contributed by atoms with Crippen LogP contribution >= 0.6 is 0 Å². The molecule has 2 fully saturated rings. The lowest BCUT2D eigenvalue weighted by Crippen LogP contribution is -2.30. The molecule has 6 rings (SSSR count). The van der Waals surface area contributed by atoms with Gasteiger partial charge in [0.25, 0.3) is 5.91 Å². The van der Waals surface area contributed by atoms with E-state index in [0.717, 1.165) is 36.6 Å². The highest BCUT2D eigenvalue weighted by molar-refractivity contribution is 5.99. The van der Waals surface area contributed by atoms with Crippen LogP contribution < -0.4 is 10.1 Å². The fourth-order valence-electron chi connectivity index (χ4n) is 5.23. The molecule has 0 bridgehead atoms. The molecule has 1 amide bonds. The lowest BCUT2D eigenvalue weighted by atomic mass is 9.90. The number of benzene rings is 2. The molecule has 7 nitrogen and oxygen atoms in total. The van der Waals surface area contributed by atoms with Gasteiger partial charge in [-0.1, -0.05) is 0 Å². The molecule has 208 valence electrons. The summed E-state index contributed by atoms with van der Waals surface area (Å²) in [6, 6.07) is 11.0. The quantitative estimate of drug-likeness (QED) is 0.274. The van der Waals surface area contributed by atoms with Crippen molar-refractivity contribution < 1.29 is 23.4 Å². The summed E-state index contributed by atoms with van der Waals surface area (Å²) in [4.78, 5) is 18.0. The minimum absolute atomic E-state index is 0.0504. The lowest BCUT2D eigenvalue weighted by molar-refractivity contribution is 0.0742. The molecule has 2 heterocycles. The highest BCUT2D eigenvalue weighted by atomic mass is 19.1. The fourth-order valence-corrected chi connectivity index (χ4v) is 5.23. The van der Waals surface area contributed by atoms with Crippen LogP contribution in [0.15, 0.2) is 48.7 Å². The van der Waals surface area contributed by atoms with E-state index in [2.05, 4.69) is 15.4 Å². The molecular weight excluding hydrogens is 514 g/mol. The van der Waals surface area contributed by atoms with E-state index < -0.39 is 17.2 Å². The van der Waals surface area contributed by atoms with Crippen LogP contribution in [0.5, 0.6) is 5.75 Å². The normalized spacial score (nSPS) is 16.2. The number of fused-ring (bicyclic) bond motifs is 1. The molecular formula is C31H32F2N4O3. The van der Waals surface area contributed by atoms with Crippen molar-refractivity contribution in [3.8, 4) is 17.0 Å². The molecule has 2 aliphatic carbocycles. The molecule has 1 unspecified atom stereocenters. The molecule has 0 saturated heterocycles. The number of rotatable bonds is 9. The predicted molar refractivity (Wildman–Crippen MR) is 147 cm³/mol. The first kappa shape index (κ1) is 26.4. The first-order valence-electron chi connectivity index (χ1n) is 13.7. The van der Waals surface area contributed by atoms with Gasteiger partial charge in [-0.25, -0.2) is 13.8 Å². The smallest absolute Gasteiger partial charge is 0.251 e. The maximum absolute atomic E-state index is 15.6. The first-order chi connectivity index (χ1) is 19.1. The van der Waals surface area contributed by atoms with Crippen LogP contribution in [0.2, 0.25) is 0 Å². The lowest BCUT2D eigenvalue weighted by Gasteiger charge is -2.24. The zero-order valence-electron chi connectivity index (χ0n) is 22.7. The number of hydrogen-bond acceptors (Lipinski definition) is 5. The van der Waals surface area contributed by atoms with Gasteiger partial charge in [-0.05, 0) is 87.9 Å². The van der Waals surface area contributed by atoms with E-state index in [9.17, 15) is 14.3 Å². The number of pyridine rings is 1. The van der Waals surface area contributed by atoms with E-state index in [0.29, 0.717) is 28.6 Å². The second-order valence-electron chi connectivity index (χ2n) is 11.4. The largest absolute Gasteiger partial charge is 0.494 e. The number of nitrogens with zero attached hydrogens (tertiary/aromatic N) is 3. The van der Waals surface area contributed by atoms with Gasteiger partial charge in [-0.15, -0.1) is 0 Å². The van der Waals surface area contributed by atoms with E-state index in [4.69, 9.17) is 4.74 Å². The van der Waals surface area contributed by atoms with Crippen molar-refractivity contribution in [2.75, 3.05) is 13.7 Å². The number of aromatic nitrogens is 3. The van der Waals surface area contributed by atoms with Gasteiger partial charge in [-0.3, -0.25) is 9.48 Å². The summed E-state index contributed by atoms with van der Waals surface area (Å²) in [5.74, 6) is -0.714. The summed E-state index contributed by atoms with van der Waals surface area (Å²) < 4.78 is 36.7. The zero-order valence-corrected chi connectivity index (χ0v) is 22.7. The Bertz CT molecular complexity index is 1590. The number of carbonyl (C=O) groups is 1. The molecule has 2 aromatic carbocycles. The van der Waals surface area contributed by atoms with Crippen LogP contribution in [-0.4, -0.2) is 39.4 Å². The zero-order chi connectivity index (χ0) is 28.2. The van der Waals surface area contributed by atoms with E-state index in [-0.39, 0.29) is 35.5 Å². The summed E-state index contributed by atoms with van der Waals surface area (Å²) in [7, 11) is 1.56. The summed E-state index contributed by atoms with van der Waals surface area (Å²) >= 11 is 0. The molecule has 9 heteroatoms. The number of ether oxygens (including phenoxy) is 1. The molecule has 0 aliphatic heterocycles. The Morgan fingerprint density at radius 1 is 1.15 bits per heavy atom. The average Bonchev–Trinajstić information content (AvgIpc) is 3.86. The standard InChI is InChI=1S/C31H32F2N4O3/c1-31(2,39)24-14-25(35-29(27(24)33)18-6-8-21(32)9-7-18)23(17-4-5-17)15-34-30(38)19-12-20-16-37(22-10-11-22)36-28(20)26(13-19)40-3/h6-9,12-14,16-17,22-23,39H,4-5,10-11,15H2,1-3H3,(H,34,38). The maximum Gasteiger partial charge on any atom is 0.251 e. The number of carbonyl (C=O) groups excluding carboxylic acids is 1. The van der Waals surface area contributed by atoms with Crippen molar-refractivity contribution in [2.24, 2.45) is 5.92 Å². The Morgan fingerprint density at radius 2 is 1.88 bits per heavy atom. The monoisotopic (exact) mass is 546 g/mol. The predicted octanol–water partition coefficient (Wildman–Crippen LogP) is 5.87. The summed E-state index contributed by atoms with van der Waals surface area (Å²) in [6.45, 7) is 3.33. The third kappa shape index (κ3) is 5.18. The van der Waals surface area contributed by atoms with Gasteiger partial charge in [0.2, 0.25) is 0 Å². The van der Waals surface area contributed by atoms with Crippen LogP contribution in [0.3, 0.4) is 0 Å². The fraction of sp³-hybridized carbons (Fsp3) is 0.387. The Labute approximate surface area is 231 Å². The number of halogens is 2. The highest BCUT2D eigenvalue weighted by Crippen LogP contribution is 2.44. The number of aliphatic hydroxyl groups is 1. The van der Waals surface area contributed by atoms with Crippen LogP contribution in [0.4, 0.5) is 8.78 Å². The summed E-state index contributed by atoms with van der Waals surface area (Å²) in [5, 5.41) is 19.3. The topological polar surface area (TPSA) is 89.3 Å². The SMILES string of the molecule is COc1cc(C(=O)NCC(c2cc(C(C)(C)O)c(F)c(-c3ccc(F)cc3)n2)C2CC2)cc2cn(C3CC3)nc12. The summed E-state index contributed by atoms with van der Waals surface area (Å²) in [6.07, 6.45) is 6.08. The van der Waals surface area contributed by atoms with Crippen molar-refractivity contribution in [3.05, 3.63) is 77.1 Å². The maximum atomic E-state index is 15.6. The van der Waals surface area contributed by atoms with Crippen LogP contribution in [0.1, 0.15) is 73.1 Å². The molecule has 2 N–H and O–H groups in total. The molecule has 2 aromatic heterocycles. The molecule has 40 heavy (non-hydrogen) atoms. The van der Waals surface area contributed by atoms with Crippen LogP contribution in [0.25, 0.3) is 22.2 Å². The molecule has 1 atom stereocenters. The Morgan fingerprint density at radius 3 is 2.50 bits per heavy atom. The number of methoxy groups -OCH3 is 1. The van der Waals surface area contributed by atoms with Gasteiger partial charge in [-0.2, -0.15) is 5.10 Å². The number of amides is 1. The van der Waals surface area contributed by atoms with E-state index >= 15 is 4.39 Å². The Kier molecular flexibility index (Phi) is 6.57. The average molecular weight is 547 g/mol. The summed E-state index contributed by atoms with van der Waals surface area (Å²) in [5.41, 5.74) is 0.878. The van der Waals surface area contributed by atoms with Gasteiger partial charge < -0.3 is 15.2 Å². The highest BCUT2D eigenvalue weighted by Gasteiger charge is 2.36. The minimum atomic E-state index is -1.47. The van der Waals surface area contributed by atoms with Crippen molar-refractivity contribution in [1.82, 2.24) is 20.1 Å². The number of hydrogen-bond donors (Lipinski definition) is 2. The van der Waals surface area contributed by atoms with Crippen molar-refractivity contribution in [1.29, 1.82) is 0 Å². The Hall–Kier alpha value is -3.85. The molecule has 2 aliphatic rings. The van der Waals surface area contributed by atoms with Gasteiger partial charge in [0.05, 0.1) is 18.8 Å². The molecule has 2 saturated carbocycles. The third-order valence-electron chi connectivity index (χ3n) is 7.80. The van der Waals surface area contributed by atoms with Crippen LogP contribution in [0, 0.1) is 17.6 Å². The minimum Gasteiger partial charge on any atom is -0.494 e. The van der Waals surface area contributed by atoms with E-state index in [1.807, 2.05) is 16.9 Å². The second kappa shape index (κ2) is 9.96. The van der Waals surface area contributed by atoms with E-state index in [1.54, 1.807) is 19.2 Å². The van der Waals surface area contributed by atoms with Crippen molar-refractivity contribution in [2.45, 2.75) is 57.1 Å². The van der Waals surface area contributed by atoms with Crippen LogP contribution in [-0.2, 0) is 5.60 Å². The van der Waals surface area contributed by atoms with E-state index in [1.165, 1.54) is 38.1 Å². The Balaban J connectivity index is 1.30. The van der Waals surface area contributed by atoms with Crippen molar-refractivity contribution >= 4 is 16.8 Å².